The second-order valence-electron chi connectivity index (χ2n) is 4.22. The van der Waals surface area contributed by atoms with E-state index in [-0.39, 0.29) is 24.0 Å². The van der Waals surface area contributed by atoms with Gasteiger partial charge in [-0.3, -0.25) is 4.79 Å². The Bertz CT molecular complexity index is 646. The summed E-state index contributed by atoms with van der Waals surface area (Å²) in [7, 11) is 2.74. The minimum atomic E-state index is -0.558. The summed E-state index contributed by atoms with van der Waals surface area (Å²) < 4.78 is 15.0. The van der Waals surface area contributed by atoms with Crippen LogP contribution in [0.2, 0.25) is 0 Å². The van der Waals surface area contributed by atoms with Crippen molar-refractivity contribution in [2.75, 3.05) is 21.0 Å². The molecule has 0 amide bonds. The topological polar surface area (TPSA) is 90.8 Å². The molecule has 116 valence electrons. The SMILES string of the molecule is COC(=O)Cc1nc(OC)c(-c2ccccc2)c(OCO)n1. The van der Waals surface area contributed by atoms with Crippen LogP contribution in [0.5, 0.6) is 11.8 Å². The van der Waals surface area contributed by atoms with Gasteiger partial charge in [-0.05, 0) is 5.56 Å². The number of hydrogen-bond acceptors (Lipinski definition) is 7. The number of aromatic nitrogens is 2. The van der Waals surface area contributed by atoms with Gasteiger partial charge in [-0.25, -0.2) is 0 Å². The lowest BCUT2D eigenvalue weighted by Gasteiger charge is -2.13. The molecule has 0 radical (unpaired) electrons. The van der Waals surface area contributed by atoms with Crippen molar-refractivity contribution in [3.05, 3.63) is 36.2 Å². The zero-order chi connectivity index (χ0) is 15.9. The van der Waals surface area contributed by atoms with E-state index < -0.39 is 12.8 Å². The predicted octanol–water partition coefficient (Wildman–Crippen LogP) is 1.20. The number of ether oxygens (including phenoxy) is 3. The van der Waals surface area contributed by atoms with Crippen LogP contribution in [0.3, 0.4) is 0 Å². The Morgan fingerprint density at radius 2 is 1.82 bits per heavy atom. The summed E-state index contributed by atoms with van der Waals surface area (Å²) >= 11 is 0. The van der Waals surface area contributed by atoms with Crippen LogP contribution in [0.1, 0.15) is 5.82 Å². The first-order valence-electron chi connectivity index (χ1n) is 6.50. The first-order chi connectivity index (χ1) is 10.7. The highest BCUT2D eigenvalue weighted by molar-refractivity contribution is 5.75. The summed E-state index contributed by atoms with van der Waals surface area (Å²) in [6.07, 6.45) is -0.121. The van der Waals surface area contributed by atoms with Gasteiger partial charge in [-0.15, -0.1) is 0 Å². The molecular weight excluding hydrogens is 288 g/mol. The van der Waals surface area contributed by atoms with E-state index in [1.165, 1.54) is 14.2 Å². The van der Waals surface area contributed by atoms with Crippen molar-refractivity contribution in [2.24, 2.45) is 0 Å². The molecule has 7 heteroatoms. The Labute approximate surface area is 127 Å². The van der Waals surface area contributed by atoms with E-state index in [1.807, 2.05) is 30.3 Å². The minimum Gasteiger partial charge on any atom is -0.480 e. The highest BCUT2D eigenvalue weighted by Crippen LogP contribution is 2.35. The molecule has 2 rings (SSSR count). The van der Waals surface area contributed by atoms with Crippen molar-refractivity contribution in [3.63, 3.8) is 0 Å². The van der Waals surface area contributed by atoms with Crippen molar-refractivity contribution in [1.29, 1.82) is 0 Å². The standard InChI is InChI=1S/C15H16N2O5/c1-20-12(19)8-11-16-14(21-2)13(15(17-11)22-9-18)10-6-4-3-5-7-10/h3-7,18H,8-9H2,1-2H3. The molecular formula is C15H16N2O5. The number of aliphatic hydroxyl groups excluding tert-OH is 1. The summed E-state index contributed by atoms with van der Waals surface area (Å²) in [5.74, 6) is 0.0966. The van der Waals surface area contributed by atoms with E-state index in [4.69, 9.17) is 14.6 Å². The normalized spacial score (nSPS) is 10.1. The lowest BCUT2D eigenvalue weighted by molar-refractivity contribution is -0.139. The van der Waals surface area contributed by atoms with Crippen molar-refractivity contribution in [2.45, 2.75) is 6.42 Å². The van der Waals surface area contributed by atoms with Crippen molar-refractivity contribution in [1.82, 2.24) is 9.97 Å². The van der Waals surface area contributed by atoms with Crippen LogP contribution in [-0.4, -0.2) is 42.1 Å². The first-order valence-corrected chi connectivity index (χ1v) is 6.50. The van der Waals surface area contributed by atoms with E-state index in [0.717, 1.165) is 5.56 Å². The number of benzene rings is 1. The average Bonchev–Trinajstić information content (AvgIpc) is 2.55. The van der Waals surface area contributed by atoms with Crippen LogP contribution < -0.4 is 9.47 Å². The molecule has 0 spiro atoms. The average molecular weight is 304 g/mol. The Hall–Kier alpha value is -2.67. The largest absolute Gasteiger partial charge is 0.480 e. The molecule has 0 bridgehead atoms. The maximum absolute atomic E-state index is 11.4. The highest BCUT2D eigenvalue weighted by atomic mass is 16.6. The Morgan fingerprint density at radius 1 is 1.14 bits per heavy atom. The number of aliphatic hydroxyl groups is 1. The summed E-state index contributed by atoms with van der Waals surface area (Å²) in [4.78, 5) is 19.7. The van der Waals surface area contributed by atoms with Crippen LogP contribution in [0.4, 0.5) is 0 Å². The molecule has 1 N–H and O–H groups in total. The molecule has 7 nitrogen and oxygen atoms in total. The van der Waals surface area contributed by atoms with Crippen LogP contribution in [0.15, 0.2) is 30.3 Å². The number of methoxy groups -OCH3 is 2. The monoisotopic (exact) mass is 304 g/mol. The van der Waals surface area contributed by atoms with Gasteiger partial charge in [-0.1, -0.05) is 30.3 Å². The van der Waals surface area contributed by atoms with Gasteiger partial charge in [0.2, 0.25) is 11.8 Å². The molecule has 22 heavy (non-hydrogen) atoms. The molecule has 0 aliphatic rings. The molecule has 0 aliphatic heterocycles. The molecule has 1 heterocycles. The van der Waals surface area contributed by atoms with E-state index >= 15 is 0 Å². The number of carbonyl (C=O) groups excluding carboxylic acids is 1. The fourth-order valence-electron chi connectivity index (χ4n) is 1.91. The fourth-order valence-corrected chi connectivity index (χ4v) is 1.91. The smallest absolute Gasteiger partial charge is 0.313 e. The second kappa shape index (κ2) is 7.37. The van der Waals surface area contributed by atoms with Gasteiger partial charge in [0.25, 0.3) is 0 Å². The Morgan fingerprint density at radius 3 is 2.41 bits per heavy atom. The first kappa shape index (κ1) is 15.7. The maximum atomic E-state index is 11.4. The molecule has 1 aromatic heterocycles. The van der Waals surface area contributed by atoms with Crippen LogP contribution >= 0.6 is 0 Å². The fraction of sp³-hybridized carbons (Fsp3) is 0.267. The Balaban J connectivity index is 2.54. The highest BCUT2D eigenvalue weighted by Gasteiger charge is 2.19. The zero-order valence-corrected chi connectivity index (χ0v) is 12.3. The van der Waals surface area contributed by atoms with E-state index in [9.17, 15) is 4.79 Å². The number of carbonyl (C=O) groups is 1. The third-order valence-electron chi connectivity index (χ3n) is 2.88. The molecule has 2 aromatic rings. The molecule has 0 fully saturated rings. The summed E-state index contributed by atoms with van der Waals surface area (Å²) in [5.41, 5.74) is 1.28. The molecule has 1 aromatic carbocycles. The molecule has 0 atom stereocenters. The van der Waals surface area contributed by atoms with Gasteiger partial charge in [0.05, 0.1) is 14.2 Å². The third kappa shape index (κ3) is 3.50. The van der Waals surface area contributed by atoms with Crippen molar-refractivity contribution >= 4 is 5.97 Å². The number of nitrogens with zero attached hydrogens (tertiary/aromatic N) is 2. The van der Waals surface area contributed by atoms with E-state index in [1.54, 1.807) is 0 Å². The maximum Gasteiger partial charge on any atom is 0.313 e. The van der Waals surface area contributed by atoms with Crippen LogP contribution in [-0.2, 0) is 16.0 Å². The number of esters is 1. The Kier molecular flexibility index (Phi) is 5.26. The van der Waals surface area contributed by atoms with Crippen molar-refractivity contribution < 1.29 is 24.1 Å². The predicted molar refractivity (Wildman–Crippen MR) is 77.5 cm³/mol. The summed E-state index contributed by atoms with van der Waals surface area (Å²) in [6, 6.07) is 9.24. The number of rotatable bonds is 6. The van der Waals surface area contributed by atoms with Gasteiger partial charge in [0.1, 0.15) is 17.8 Å². The second-order valence-corrected chi connectivity index (χ2v) is 4.22. The van der Waals surface area contributed by atoms with Gasteiger partial charge in [0.15, 0.2) is 6.79 Å². The van der Waals surface area contributed by atoms with Gasteiger partial charge >= 0.3 is 5.97 Å². The summed E-state index contributed by atoms with van der Waals surface area (Å²) in [6.45, 7) is -0.558. The molecule has 0 aliphatic carbocycles. The van der Waals surface area contributed by atoms with Crippen molar-refractivity contribution in [3.8, 4) is 22.9 Å². The van der Waals surface area contributed by atoms with Gasteiger partial charge in [0, 0.05) is 0 Å². The summed E-state index contributed by atoms with van der Waals surface area (Å²) in [5, 5.41) is 9.06. The molecule has 0 saturated heterocycles. The molecule has 0 unspecified atom stereocenters. The number of hydrogen-bond donors (Lipinski definition) is 1. The quantitative estimate of drug-likeness (QED) is 0.633. The minimum absolute atomic E-state index is 0.121. The van der Waals surface area contributed by atoms with Crippen LogP contribution in [0, 0.1) is 0 Å². The third-order valence-corrected chi connectivity index (χ3v) is 2.88. The van der Waals surface area contributed by atoms with Crippen LogP contribution in [0.25, 0.3) is 11.1 Å². The molecule has 0 saturated carbocycles. The van der Waals surface area contributed by atoms with E-state index in [2.05, 4.69) is 14.7 Å². The van der Waals surface area contributed by atoms with E-state index in [0.29, 0.717) is 5.56 Å². The van der Waals surface area contributed by atoms with Gasteiger partial charge < -0.3 is 19.3 Å². The lowest BCUT2D eigenvalue weighted by atomic mass is 10.1. The lowest BCUT2D eigenvalue weighted by Crippen LogP contribution is -2.11. The van der Waals surface area contributed by atoms with Gasteiger partial charge in [-0.2, -0.15) is 9.97 Å². The zero-order valence-electron chi connectivity index (χ0n) is 12.3.